The lowest BCUT2D eigenvalue weighted by Gasteiger charge is -2.27. The molecule has 0 radical (unpaired) electrons. The van der Waals surface area contributed by atoms with Gasteiger partial charge in [0.05, 0.1) is 6.61 Å². The smallest absolute Gasteiger partial charge is 0.162 e. The van der Waals surface area contributed by atoms with Gasteiger partial charge in [-0.3, -0.25) is 0 Å². The summed E-state index contributed by atoms with van der Waals surface area (Å²) in [5.74, 6) is 1.24. The molecule has 0 fully saturated rings. The highest BCUT2D eigenvalue weighted by molar-refractivity contribution is 5.81. The lowest BCUT2D eigenvalue weighted by atomic mass is 9.95. The number of fused-ring (bicyclic) bond motifs is 1. The molecule has 3 aromatic rings. The number of hydrogen-bond acceptors (Lipinski definition) is 3. The van der Waals surface area contributed by atoms with E-state index in [0.29, 0.717) is 26.2 Å². The van der Waals surface area contributed by atoms with Crippen molar-refractivity contribution < 1.29 is 18.6 Å². The molecule has 1 unspecified atom stereocenters. The highest BCUT2D eigenvalue weighted by atomic mass is 19.1. The fourth-order valence-electron chi connectivity index (χ4n) is 3.52. The van der Waals surface area contributed by atoms with Crippen LogP contribution in [0.1, 0.15) is 23.6 Å². The summed E-state index contributed by atoms with van der Waals surface area (Å²) in [6.45, 7) is 3.59. The first-order valence-corrected chi connectivity index (χ1v) is 10.2. The molecule has 3 nitrogen and oxygen atoms in total. The number of allylic oxidation sites excluding steroid dienone is 1. The molecule has 0 aliphatic carbocycles. The van der Waals surface area contributed by atoms with Crippen molar-refractivity contribution in [2.24, 2.45) is 0 Å². The summed E-state index contributed by atoms with van der Waals surface area (Å²) in [4.78, 5) is 0. The maximum Gasteiger partial charge on any atom is 0.162 e. The molecule has 1 aliphatic heterocycles. The van der Waals surface area contributed by atoms with Crippen molar-refractivity contribution in [3.63, 3.8) is 0 Å². The Labute approximate surface area is 176 Å². The molecule has 0 spiro atoms. The van der Waals surface area contributed by atoms with Crippen LogP contribution in [0.2, 0.25) is 0 Å². The van der Waals surface area contributed by atoms with Crippen LogP contribution in [0, 0.1) is 5.82 Å². The number of rotatable bonds is 7. The Morgan fingerprint density at radius 3 is 2.67 bits per heavy atom. The average molecular weight is 404 g/mol. The number of ether oxygens (including phenoxy) is 3. The molecule has 1 aliphatic rings. The molecule has 154 valence electrons. The summed E-state index contributed by atoms with van der Waals surface area (Å²) < 4.78 is 31.0. The Morgan fingerprint density at radius 2 is 1.87 bits per heavy atom. The van der Waals surface area contributed by atoms with Gasteiger partial charge in [0.2, 0.25) is 0 Å². The Balaban J connectivity index is 1.65. The highest BCUT2D eigenvalue weighted by Gasteiger charge is 2.22. The SMILES string of the molecule is CCOCC1COc2ccc(/C(=C/Cc3cccc(F)c3)c3ccccc3)cc2O1. The van der Waals surface area contributed by atoms with E-state index in [1.807, 2.05) is 49.4 Å². The Hall–Kier alpha value is -3.11. The van der Waals surface area contributed by atoms with E-state index in [1.54, 1.807) is 12.1 Å². The molecule has 0 bridgehead atoms. The lowest BCUT2D eigenvalue weighted by molar-refractivity contribution is 0.0127. The van der Waals surface area contributed by atoms with Crippen LogP contribution in [0.4, 0.5) is 4.39 Å². The van der Waals surface area contributed by atoms with Crippen molar-refractivity contribution in [1.82, 2.24) is 0 Å². The van der Waals surface area contributed by atoms with Gasteiger partial charge in [0, 0.05) is 6.61 Å². The molecule has 1 atom stereocenters. The first-order chi connectivity index (χ1) is 14.7. The number of halogens is 1. The summed E-state index contributed by atoms with van der Waals surface area (Å²) in [7, 11) is 0. The molecule has 0 amide bonds. The van der Waals surface area contributed by atoms with Crippen LogP contribution < -0.4 is 9.47 Å². The van der Waals surface area contributed by atoms with E-state index in [0.717, 1.165) is 33.8 Å². The highest BCUT2D eigenvalue weighted by Crippen LogP contribution is 2.36. The second kappa shape index (κ2) is 9.59. The van der Waals surface area contributed by atoms with Gasteiger partial charge in [0.15, 0.2) is 17.6 Å². The zero-order valence-electron chi connectivity index (χ0n) is 17.0. The average Bonchev–Trinajstić information content (AvgIpc) is 2.78. The molecular formula is C26H25FO3. The minimum Gasteiger partial charge on any atom is -0.486 e. The van der Waals surface area contributed by atoms with E-state index in [2.05, 4.69) is 18.2 Å². The van der Waals surface area contributed by atoms with Crippen molar-refractivity contribution in [1.29, 1.82) is 0 Å². The minimum atomic E-state index is -0.221. The summed E-state index contributed by atoms with van der Waals surface area (Å²) in [5.41, 5.74) is 4.12. The molecule has 0 N–H and O–H groups in total. The summed E-state index contributed by atoms with van der Waals surface area (Å²) >= 11 is 0. The molecule has 4 rings (SSSR count). The third kappa shape index (κ3) is 4.89. The van der Waals surface area contributed by atoms with Gasteiger partial charge in [-0.25, -0.2) is 4.39 Å². The Morgan fingerprint density at radius 1 is 1.00 bits per heavy atom. The maximum atomic E-state index is 13.6. The molecule has 0 saturated heterocycles. The lowest BCUT2D eigenvalue weighted by Crippen LogP contribution is -2.33. The predicted octanol–water partition coefficient (Wildman–Crippen LogP) is 5.68. The van der Waals surface area contributed by atoms with E-state index < -0.39 is 0 Å². The van der Waals surface area contributed by atoms with Crippen LogP contribution in [0.15, 0.2) is 78.9 Å². The maximum absolute atomic E-state index is 13.6. The van der Waals surface area contributed by atoms with Crippen molar-refractivity contribution in [3.8, 4) is 11.5 Å². The molecule has 0 saturated carbocycles. The first kappa shape index (κ1) is 20.2. The zero-order chi connectivity index (χ0) is 20.8. The first-order valence-electron chi connectivity index (χ1n) is 10.2. The minimum absolute atomic E-state index is 0.121. The number of benzene rings is 3. The fraction of sp³-hybridized carbons (Fsp3) is 0.231. The van der Waals surface area contributed by atoms with E-state index in [-0.39, 0.29) is 11.9 Å². The number of hydrogen-bond donors (Lipinski definition) is 0. The van der Waals surface area contributed by atoms with Gasteiger partial charge < -0.3 is 14.2 Å². The third-order valence-corrected chi connectivity index (χ3v) is 5.00. The molecular weight excluding hydrogens is 379 g/mol. The molecule has 4 heteroatoms. The van der Waals surface area contributed by atoms with Crippen molar-refractivity contribution in [3.05, 3.63) is 101 Å². The molecule has 3 aromatic carbocycles. The predicted molar refractivity (Wildman–Crippen MR) is 116 cm³/mol. The summed E-state index contributed by atoms with van der Waals surface area (Å²) in [5, 5.41) is 0. The van der Waals surface area contributed by atoms with Gasteiger partial charge in [-0.2, -0.15) is 0 Å². The van der Waals surface area contributed by atoms with Crippen LogP contribution in [0.3, 0.4) is 0 Å². The third-order valence-electron chi connectivity index (χ3n) is 5.00. The van der Waals surface area contributed by atoms with Crippen LogP contribution >= 0.6 is 0 Å². The van der Waals surface area contributed by atoms with Crippen molar-refractivity contribution in [2.45, 2.75) is 19.4 Å². The van der Waals surface area contributed by atoms with Crippen molar-refractivity contribution in [2.75, 3.05) is 19.8 Å². The van der Waals surface area contributed by atoms with Crippen molar-refractivity contribution >= 4 is 5.57 Å². The van der Waals surface area contributed by atoms with Gasteiger partial charge in [-0.05, 0) is 59.9 Å². The van der Waals surface area contributed by atoms with Crippen LogP contribution in [-0.4, -0.2) is 25.9 Å². The quantitative estimate of drug-likeness (QED) is 0.507. The standard InChI is InChI=1S/C26H25FO3/c1-2-28-17-23-18-29-25-14-12-21(16-26(25)30-23)24(20-8-4-3-5-9-20)13-11-19-7-6-10-22(27)15-19/h3-10,12-16,23H,2,11,17-18H2,1H3/b24-13+. The largest absolute Gasteiger partial charge is 0.486 e. The second-order valence-electron chi connectivity index (χ2n) is 7.19. The zero-order valence-corrected chi connectivity index (χ0v) is 17.0. The van der Waals surface area contributed by atoms with E-state index >= 15 is 0 Å². The van der Waals surface area contributed by atoms with Gasteiger partial charge in [0.25, 0.3) is 0 Å². The monoisotopic (exact) mass is 404 g/mol. The molecule has 1 heterocycles. The topological polar surface area (TPSA) is 27.7 Å². The van der Waals surface area contributed by atoms with Gasteiger partial charge in [0.1, 0.15) is 12.4 Å². The van der Waals surface area contributed by atoms with E-state index in [9.17, 15) is 4.39 Å². The second-order valence-corrected chi connectivity index (χ2v) is 7.19. The Kier molecular flexibility index (Phi) is 6.45. The van der Waals surface area contributed by atoms with Gasteiger partial charge in [-0.15, -0.1) is 0 Å². The van der Waals surface area contributed by atoms with Crippen LogP contribution in [-0.2, 0) is 11.2 Å². The van der Waals surface area contributed by atoms with E-state index in [1.165, 1.54) is 6.07 Å². The summed E-state index contributed by atoms with van der Waals surface area (Å²) in [6.07, 6.45) is 2.64. The van der Waals surface area contributed by atoms with E-state index in [4.69, 9.17) is 14.2 Å². The van der Waals surface area contributed by atoms with Gasteiger partial charge >= 0.3 is 0 Å². The van der Waals surface area contributed by atoms with Crippen LogP contribution in [0.25, 0.3) is 5.57 Å². The Bertz CT molecular complexity index is 1010. The fourth-order valence-corrected chi connectivity index (χ4v) is 3.52. The normalized spacial score (nSPS) is 15.8. The molecule has 30 heavy (non-hydrogen) atoms. The summed E-state index contributed by atoms with van der Waals surface area (Å²) in [6, 6.07) is 22.9. The van der Waals surface area contributed by atoms with Gasteiger partial charge in [-0.1, -0.05) is 54.6 Å². The molecule has 0 aromatic heterocycles. The van der Waals surface area contributed by atoms with Crippen LogP contribution in [0.5, 0.6) is 11.5 Å².